The van der Waals surface area contributed by atoms with Gasteiger partial charge < -0.3 is 25.3 Å². The van der Waals surface area contributed by atoms with Crippen molar-refractivity contribution in [3.8, 4) is 11.5 Å². The van der Waals surface area contributed by atoms with Crippen molar-refractivity contribution in [2.24, 2.45) is 5.92 Å². The minimum absolute atomic E-state index is 0. The second-order valence-corrected chi connectivity index (χ2v) is 12.4. The number of aromatic nitrogens is 1. The highest BCUT2D eigenvalue weighted by Gasteiger charge is 2.73. The van der Waals surface area contributed by atoms with Gasteiger partial charge in [0.05, 0.1) is 28.1 Å². The van der Waals surface area contributed by atoms with Crippen LogP contribution in [0.15, 0.2) is 36.5 Å². The van der Waals surface area contributed by atoms with Gasteiger partial charge in [0.15, 0.2) is 17.3 Å². The highest BCUT2D eigenvalue weighted by Crippen LogP contribution is 2.65. The molecule has 2 aliphatic heterocycles. The van der Waals surface area contributed by atoms with Crippen molar-refractivity contribution in [2.75, 3.05) is 13.1 Å². The number of aliphatic hydroxyl groups is 1. The van der Waals surface area contributed by atoms with Crippen molar-refractivity contribution < 1.29 is 24.5 Å². The summed E-state index contributed by atoms with van der Waals surface area (Å²) in [5, 5.41) is 27.4. The van der Waals surface area contributed by atoms with Crippen LogP contribution in [0.2, 0.25) is 0 Å². The largest absolute Gasteiger partial charge is 0.504 e. The lowest BCUT2D eigenvalue weighted by atomic mass is 9.48. The monoisotopic (exact) mass is 563 g/mol. The number of aromatic hydroxyl groups is 1. The van der Waals surface area contributed by atoms with E-state index in [1.54, 1.807) is 24.4 Å². The summed E-state index contributed by atoms with van der Waals surface area (Å²) >= 11 is 0. The van der Waals surface area contributed by atoms with Crippen molar-refractivity contribution in [1.82, 2.24) is 15.2 Å². The Morgan fingerprint density at radius 3 is 2.75 bits per heavy atom. The molecule has 210 valence electrons. The normalized spacial score (nSPS) is 31.7. The Balaban J connectivity index is 0.00000264. The molecule has 9 heteroatoms. The number of nitrogens with one attached hydrogen (secondary N) is 2. The minimum Gasteiger partial charge on any atom is -0.504 e. The number of hydrogen-bond acceptors (Lipinski definition) is 6. The first-order valence-electron chi connectivity index (χ1n) is 14.2. The van der Waals surface area contributed by atoms with Crippen LogP contribution in [-0.2, 0) is 11.8 Å². The number of benzene rings is 2. The molecule has 1 aromatic heterocycles. The fourth-order valence-corrected chi connectivity index (χ4v) is 8.51. The maximum absolute atomic E-state index is 13.7. The number of likely N-dealkylation sites (tertiary alicyclic amines) is 1. The molecule has 1 spiro atoms. The van der Waals surface area contributed by atoms with E-state index in [1.165, 1.54) is 19.8 Å². The molecule has 5 aliphatic rings. The van der Waals surface area contributed by atoms with Gasteiger partial charge in [0.1, 0.15) is 6.10 Å². The summed E-state index contributed by atoms with van der Waals surface area (Å²) < 4.78 is 6.58. The van der Waals surface area contributed by atoms with Gasteiger partial charge in [-0.2, -0.15) is 0 Å². The third-order valence-corrected chi connectivity index (χ3v) is 10.4. The van der Waals surface area contributed by atoms with E-state index < -0.39 is 17.1 Å². The average Bonchev–Trinajstić information content (AvgIpc) is 3.49. The second kappa shape index (κ2) is 8.71. The number of fused-ring (bicyclic) bond motifs is 1. The van der Waals surface area contributed by atoms with Gasteiger partial charge in [-0.05, 0) is 75.6 Å². The molecule has 8 rings (SSSR count). The molecule has 2 saturated carbocycles. The summed E-state index contributed by atoms with van der Waals surface area (Å²) in [4.78, 5) is 31.4. The maximum Gasteiger partial charge on any atom is 0.253 e. The number of rotatable bonds is 5. The van der Waals surface area contributed by atoms with E-state index in [0.717, 1.165) is 48.4 Å². The Bertz CT molecular complexity index is 1570. The number of ketones is 1. The van der Waals surface area contributed by atoms with E-state index in [4.69, 9.17) is 4.74 Å². The van der Waals surface area contributed by atoms with E-state index in [2.05, 4.69) is 15.2 Å². The van der Waals surface area contributed by atoms with Gasteiger partial charge in [0.25, 0.3) is 5.91 Å². The van der Waals surface area contributed by atoms with Crippen molar-refractivity contribution in [3.05, 3.63) is 58.8 Å². The molecular weight excluding hydrogens is 530 g/mol. The zero-order valence-corrected chi connectivity index (χ0v) is 23.2. The molecule has 40 heavy (non-hydrogen) atoms. The lowest BCUT2D eigenvalue weighted by Crippen LogP contribution is -2.78. The SMILES string of the molecule is CC(=O)c1c[nH]c2c(C(=O)N[C@H]3CC[C@@]4(O)[C@H]5Cc6ccc(O)c7c6[C@@]4(CCN5CC4CC4)[C@H]3O7)cccc12.Cl. The molecule has 3 aromatic rings. The Morgan fingerprint density at radius 2 is 1.98 bits per heavy atom. The summed E-state index contributed by atoms with van der Waals surface area (Å²) in [5.74, 6) is 0.995. The number of Topliss-reactive ketones (excluding diaryl/α,β-unsaturated/α-hetero) is 1. The van der Waals surface area contributed by atoms with Gasteiger partial charge in [-0.1, -0.05) is 18.2 Å². The van der Waals surface area contributed by atoms with E-state index in [-0.39, 0.29) is 41.9 Å². The first-order chi connectivity index (χ1) is 18.8. The summed E-state index contributed by atoms with van der Waals surface area (Å²) in [7, 11) is 0. The third-order valence-electron chi connectivity index (χ3n) is 10.4. The minimum atomic E-state index is -0.992. The van der Waals surface area contributed by atoms with Gasteiger partial charge in [0.2, 0.25) is 0 Å². The molecule has 5 atom stereocenters. The number of hydrogen-bond donors (Lipinski definition) is 4. The Morgan fingerprint density at radius 1 is 1.15 bits per heavy atom. The summed E-state index contributed by atoms with van der Waals surface area (Å²) in [5.41, 5.74) is 2.08. The number of aromatic amines is 1. The summed E-state index contributed by atoms with van der Waals surface area (Å²) in [6.45, 7) is 3.41. The zero-order valence-electron chi connectivity index (χ0n) is 22.4. The zero-order chi connectivity index (χ0) is 26.7. The molecule has 0 unspecified atom stereocenters. The Kier molecular flexibility index (Phi) is 5.64. The van der Waals surface area contributed by atoms with Crippen molar-refractivity contribution in [3.63, 3.8) is 0 Å². The lowest BCUT2D eigenvalue weighted by Gasteiger charge is -2.64. The number of para-hydroxylation sites is 1. The third kappa shape index (κ3) is 3.27. The van der Waals surface area contributed by atoms with Crippen LogP contribution in [0.25, 0.3) is 10.9 Å². The molecule has 4 N–H and O–H groups in total. The number of halogens is 1. The number of nitrogens with zero attached hydrogens (tertiary/aromatic N) is 1. The van der Waals surface area contributed by atoms with E-state index in [9.17, 15) is 19.8 Å². The van der Waals surface area contributed by atoms with E-state index in [1.807, 2.05) is 12.1 Å². The fraction of sp³-hybridized carbons (Fsp3) is 0.484. The predicted octanol–water partition coefficient (Wildman–Crippen LogP) is 3.86. The highest BCUT2D eigenvalue weighted by molar-refractivity contribution is 6.12. The smallest absolute Gasteiger partial charge is 0.253 e. The number of piperidine rings is 1. The second-order valence-electron chi connectivity index (χ2n) is 12.4. The molecule has 2 aromatic carbocycles. The number of H-pyrrole nitrogens is 1. The van der Waals surface area contributed by atoms with Crippen LogP contribution in [0.1, 0.15) is 70.9 Å². The van der Waals surface area contributed by atoms with Crippen LogP contribution in [0, 0.1) is 5.92 Å². The molecule has 3 aliphatic carbocycles. The van der Waals surface area contributed by atoms with Gasteiger partial charge in [-0.3, -0.25) is 14.5 Å². The van der Waals surface area contributed by atoms with Crippen molar-refractivity contribution >= 4 is 35.0 Å². The summed E-state index contributed by atoms with van der Waals surface area (Å²) in [6.07, 6.45) is 6.30. The Labute approximate surface area is 238 Å². The van der Waals surface area contributed by atoms with Gasteiger partial charge in [-0.15, -0.1) is 12.4 Å². The molecule has 3 heterocycles. The molecule has 0 radical (unpaired) electrons. The van der Waals surface area contributed by atoms with Crippen molar-refractivity contribution in [1.29, 1.82) is 0 Å². The van der Waals surface area contributed by atoms with Crippen LogP contribution in [0.4, 0.5) is 0 Å². The first-order valence-corrected chi connectivity index (χ1v) is 14.2. The maximum atomic E-state index is 13.7. The van der Waals surface area contributed by atoms with Gasteiger partial charge in [-0.25, -0.2) is 0 Å². The van der Waals surface area contributed by atoms with Crippen LogP contribution in [0.5, 0.6) is 11.5 Å². The molecule has 2 bridgehead atoms. The lowest BCUT2D eigenvalue weighted by molar-refractivity contribution is -0.191. The first kappa shape index (κ1) is 25.9. The van der Waals surface area contributed by atoms with Crippen molar-refractivity contribution in [2.45, 2.75) is 74.7 Å². The topological polar surface area (TPSA) is 115 Å². The molecular formula is C31H34ClN3O5. The Hall–Kier alpha value is -3.07. The highest BCUT2D eigenvalue weighted by atomic mass is 35.5. The molecule has 1 saturated heterocycles. The van der Waals surface area contributed by atoms with Crippen LogP contribution in [-0.4, -0.2) is 68.7 Å². The molecule has 1 amide bonds. The average molecular weight is 564 g/mol. The van der Waals surface area contributed by atoms with Crippen LogP contribution < -0.4 is 10.1 Å². The van der Waals surface area contributed by atoms with Gasteiger partial charge in [0, 0.05) is 35.3 Å². The number of ether oxygens (including phenoxy) is 1. The number of phenols is 1. The van der Waals surface area contributed by atoms with Crippen LogP contribution >= 0.6 is 12.4 Å². The molecule has 8 nitrogen and oxygen atoms in total. The van der Waals surface area contributed by atoms with E-state index in [0.29, 0.717) is 35.2 Å². The van der Waals surface area contributed by atoms with E-state index >= 15 is 0 Å². The number of carbonyl (C=O) groups is 2. The fourth-order valence-electron chi connectivity index (χ4n) is 8.51. The number of phenolic OH excluding ortho intramolecular Hbond substituents is 1. The quantitative estimate of drug-likeness (QED) is 0.351. The predicted molar refractivity (Wildman–Crippen MR) is 152 cm³/mol. The van der Waals surface area contributed by atoms with Crippen LogP contribution in [0.3, 0.4) is 0 Å². The standard InChI is InChI=1S/C31H33N3O5.ClH/c1-16(35)21-14-32-26-19(21)3-2-4-20(26)29(37)33-22-9-10-31(38)24-13-18-7-8-23(36)27-25(18)30(31,28(22)39-27)11-12-34(24)15-17-5-6-17;/h2-4,7-8,14,17,22,24,28,32,36,38H,5-6,9-13,15H2,1H3,(H,33,37);1H/t22-,24+,28-,30-,31+;/m0./s1. The number of carbonyl (C=O) groups excluding carboxylic acids is 2. The van der Waals surface area contributed by atoms with Gasteiger partial charge >= 0.3 is 0 Å². The number of amides is 1. The molecule has 3 fully saturated rings. The summed E-state index contributed by atoms with van der Waals surface area (Å²) in [6, 6.07) is 8.76.